The van der Waals surface area contributed by atoms with Crippen molar-refractivity contribution in [1.82, 2.24) is 20.2 Å². The van der Waals surface area contributed by atoms with E-state index in [1.54, 1.807) is 13.2 Å². The van der Waals surface area contributed by atoms with E-state index in [0.29, 0.717) is 12.4 Å². The number of nitrogens with one attached hydrogen (secondary N) is 1. The molecule has 1 aliphatic rings. The van der Waals surface area contributed by atoms with Gasteiger partial charge in [0.1, 0.15) is 11.9 Å². The molecule has 3 rings (SSSR count). The molecule has 8 nitrogen and oxygen atoms in total. The number of nitrogens with zero attached hydrogens (tertiary/aromatic N) is 4. The second kappa shape index (κ2) is 9.09. The minimum atomic E-state index is -1.61. The summed E-state index contributed by atoms with van der Waals surface area (Å²) in [7, 11) is 1.60. The van der Waals surface area contributed by atoms with Crippen LogP contribution >= 0.6 is 0 Å². The molecular weight excluding hydrogens is 358 g/mol. The zero-order valence-electron chi connectivity index (χ0n) is 16.2. The van der Waals surface area contributed by atoms with E-state index in [2.05, 4.69) is 20.2 Å². The summed E-state index contributed by atoms with van der Waals surface area (Å²) in [5.74, 6) is 0.0658. The molecule has 1 aromatic heterocycles. The van der Waals surface area contributed by atoms with Crippen LogP contribution in [0.15, 0.2) is 36.7 Å². The van der Waals surface area contributed by atoms with Crippen LogP contribution in [0.2, 0.25) is 0 Å². The normalized spacial score (nSPS) is 16.5. The predicted molar refractivity (Wildman–Crippen MR) is 106 cm³/mol. The number of aliphatic hydroxyl groups is 2. The van der Waals surface area contributed by atoms with Gasteiger partial charge in [0.05, 0.1) is 18.1 Å². The summed E-state index contributed by atoms with van der Waals surface area (Å²) in [6.45, 7) is 5.58. The Bertz CT molecular complexity index is 810. The minimum Gasteiger partial charge on any atom is -0.383 e. The lowest BCUT2D eigenvalue weighted by Gasteiger charge is -2.29. The molecule has 8 heteroatoms. The number of aliphatic hydroxyl groups excluding tert-OH is 2. The van der Waals surface area contributed by atoms with Gasteiger partial charge in [0.2, 0.25) is 0 Å². The van der Waals surface area contributed by atoms with Gasteiger partial charge in [-0.05, 0) is 18.1 Å². The summed E-state index contributed by atoms with van der Waals surface area (Å²) in [5.41, 5.74) is 2.23. The maximum Gasteiger partial charge on any atom is 0.254 e. The molecule has 0 bridgehead atoms. The Kier molecular flexibility index (Phi) is 6.56. The van der Waals surface area contributed by atoms with E-state index in [0.717, 1.165) is 37.3 Å². The zero-order valence-corrected chi connectivity index (χ0v) is 16.2. The van der Waals surface area contributed by atoms with E-state index >= 15 is 0 Å². The van der Waals surface area contributed by atoms with Crippen molar-refractivity contribution in [2.24, 2.45) is 0 Å². The molecule has 0 aliphatic carbocycles. The Balaban J connectivity index is 1.68. The molecule has 2 heterocycles. The average Bonchev–Trinajstić information content (AvgIpc) is 2.74. The molecule has 3 N–H and O–H groups in total. The molecule has 28 heavy (non-hydrogen) atoms. The van der Waals surface area contributed by atoms with Crippen LogP contribution in [-0.4, -0.2) is 70.3 Å². The van der Waals surface area contributed by atoms with Crippen molar-refractivity contribution in [1.29, 1.82) is 0 Å². The molecule has 0 spiro atoms. The van der Waals surface area contributed by atoms with Crippen molar-refractivity contribution in [3.8, 4) is 0 Å². The lowest BCUT2D eigenvalue weighted by atomic mass is 10.1. The van der Waals surface area contributed by atoms with E-state index < -0.39 is 18.1 Å². The van der Waals surface area contributed by atoms with Crippen molar-refractivity contribution >= 4 is 11.7 Å². The molecule has 0 unspecified atom stereocenters. The van der Waals surface area contributed by atoms with Crippen molar-refractivity contribution in [3.05, 3.63) is 53.5 Å². The lowest BCUT2D eigenvalue weighted by molar-refractivity contribution is -0.145. The fourth-order valence-electron chi connectivity index (χ4n) is 3.20. The number of anilines is 1. The van der Waals surface area contributed by atoms with Gasteiger partial charge < -0.3 is 25.3 Å². The highest BCUT2D eigenvalue weighted by molar-refractivity contribution is 5.81. The third-order valence-corrected chi connectivity index (χ3v) is 4.98. The van der Waals surface area contributed by atoms with Gasteiger partial charge in [-0.1, -0.05) is 24.3 Å². The van der Waals surface area contributed by atoms with Crippen molar-refractivity contribution in [2.75, 3.05) is 38.1 Å². The molecule has 0 radical (unpaired) electrons. The third-order valence-electron chi connectivity index (χ3n) is 4.98. The second-order valence-electron chi connectivity index (χ2n) is 7.05. The van der Waals surface area contributed by atoms with Crippen LogP contribution < -0.4 is 10.2 Å². The van der Waals surface area contributed by atoms with Crippen molar-refractivity contribution in [3.63, 3.8) is 0 Å². The van der Waals surface area contributed by atoms with Gasteiger partial charge >= 0.3 is 0 Å². The number of benzene rings is 1. The number of amides is 1. The summed E-state index contributed by atoms with van der Waals surface area (Å²) in [4.78, 5) is 24.6. The fraction of sp³-hybridized carbons (Fsp3) is 0.450. The van der Waals surface area contributed by atoms with E-state index in [-0.39, 0.29) is 5.69 Å². The smallest absolute Gasteiger partial charge is 0.254 e. The fourth-order valence-corrected chi connectivity index (χ4v) is 3.20. The Hall–Kier alpha value is -2.55. The Morgan fingerprint density at radius 1 is 1.25 bits per heavy atom. The van der Waals surface area contributed by atoms with E-state index in [9.17, 15) is 15.0 Å². The predicted octanol–water partition coefficient (Wildman–Crippen LogP) is 0.248. The first-order chi connectivity index (χ1) is 13.5. The van der Waals surface area contributed by atoms with E-state index in [1.165, 1.54) is 11.1 Å². The summed E-state index contributed by atoms with van der Waals surface area (Å²) in [6, 6.07) is 7.74. The number of aryl methyl sites for hydroxylation is 1. The van der Waals surface area contributed by atoms with Crippen LogP contribution in [0.4, 0.5) is 5.82 Å². The van der Waals surface area contributed by atoms with Crippen LogP contribution in [0.25, 0.3) is 0 Å². The summed E-state index contributed by atoms with van der Waals surface area (Å²) in [5, 5.41) is 24.2. The first-order valence-electron chi connectivity index (χ1n) is 9.40. The van der Waals surface area contributed by atoms with Crippen LogP contribution in [0, 0.1) is 6.92 Å². The number of likely N-dealkylation sites (N-methyl/N-ethyl adjacent to an activating group) is 1. The SMILES string of the molecule is Cc1ccccc1CN(C)C(=O)[C@H](O)[C@@H](O)c1cncc(N2CCNCC2)n1. The highest BCUT2D eigenvalue weighted by Gasteiger charge is 2.30. The monoisotopic (exact) mass is 385 g/mol. The number of rotatable bonds is 6. The molecule has 0 saturated carbocycles. The minimum absolute atomic E-state index is 0.182. The maximum absolute atomic E-state index is 12.6. The lowest BCUT2D eigenvalue weighted by Crippen LogP contribution is -2.44. The van der Waals surface area contributed by atoms with Gasteiger partial charge in [-0.3, -0.25) is 9.78 Å². The quantitative estimate of drug-likeness (QED) is 0.655. The number of piperazine rings is 1. The van der Waals surface area contributed by atoms with Gasteiger partial charge in [0.15, 0.2) is 6.10 Å². The molecular formula is C20H27N5O3. The molecule has 1 saturated heterocycles. The van der Waals surface area contributed by atoms with Crippen molar-refractivity contribution in [2.45, 2.75) is 25.7 Å². The standard InChI is InChI=1S/C20H27N5O3/c1-14-5-3-4-6-15(14)13-24(2)20(28)19(27)18(26)16-11-22-12-17(23-16)25-9-7-21-8-10-25/h3-6,11-12,18-19,21,26-27H,7-10,13H2,1-2H3/t18-,19+/m0/s1. The topological polar surface area (TPSA) is 102 Å². The summed E-state index contributed by atoms with van der Waals surface area (Å²) in [6.07, 6.45) is -0.0439. The zero-order chi connectivity index (χ0) is 20.1. The Morgan fingerprint density at radius 2 is 1.96 bits per heavy atom. The van der Waals surface area contributed by atoms with Crippen molar-refractivity contribution < 1.29 is 15.0 Å². The number of carbonyl (C=O) groups excluding carboxylic acids is 1. The molecule has 2 atom stereocenters. The van der Waals surface area contributed by atoms with Crippen LogP contribution in [0.5, 0.6) is 0 Å². The second-order valence-corrected chi connectivity index (χ2v) is 7.05. The molecule has 1 aliphatic heterocycles. The van der Waals surface area contributed by atoms with Crippen LogP contribution in [0.3, 0.4) is 0 Å². The number of aromatic nitrogens is 2. The van der Waals surface area contributed by atoms with Crippen LogP contribution in [-0.2, 0) is 11.3 Å². The highest BCUT2D eigenvalue weighted by Crippen LogP contribution is 2.20. The maximum atomic E-state index is 12.6. The molecule has 150 valence electrons. The summed E-state index contributed by atoms with van der Waals surface area (Å²) < 4.78 is 0. The Labute approximate surface area is 164 Å². The largest absolute Gasteiger partial charge is 0.383 e. The number of carbonyl (C=O) groups is 1. The third kappa shape index (κ3) is 4.64. The van der Waals surface area contributed by atoms with Gasteiger partial charge in [0.25, 0.3) is 5.91 Å². The summed E-state index contributed by atoms with van der Waals surface area (Å²) >= 11 is 0. The number of hydrogen-bond donors (Lipinski definition) is 3. The molecule has 2 aromatic rings. The van der Waals surface area contributed by atoms with Gasteiger partial charge in [-0.2, -0.15) is 0 Å². The Morgan fingerprint density at radius 3 is 2.68 bits per heavy atom. The van der Waals surface area contributed by atoms with Gasteiger partial charge in [0, 0.05) is 39.8 Å². The first-order valence-corrected chi connectivity index (χ1v) is 9.40. The average molecular weight is 385 g/mol. The molecule has 1 amide bonds. The highest BCUT2D eigenvalue weighted by atomic mass is 16.3. The van der Waals surface area contributed by atoms with E-state index in [1.807, 2.05) is 31.2 Å². The number of hydrogen-bond acceptors (Lipinski definition) is 7. The van der Waals surface area contributed by atoms with Gasteiger partial charge in [-0.15, -0.1) is 0 Å². The van der Waals surface area contributed by atoms with Crippen LogP contribution in [0.1, 0.15) is 22.9 Å². The molecule has 1 fully saturated rings. The molecule has 1 aromatic carbocycles. The van der Waals surface area contributed by atoms with Gasteiger partial charge in [-0.25, -0.2) is 4.98 Å². The van der Waals surface area contributed by atoms with E-state index in [4.69, 9.17) is 0 Å². The first kappa shape index (κ1) is 20.2.